The van der Waals surface area contributed by atoms with Crippen LogP contribution in [0.1, 0.15) is 22.3 Å². The summed E-state index contributed by atoms with van der Waals surface area (Å²) in [5.41, 5.74) is 2.42. The zero-order valence-electron chi connectivity index (χ0n) is 19.6. The molecule has 0 saturated carbocycles. The lowest BCUT2D eigenvalue weighted by Gasteiger charge is -2.16. The molecule has 0 aliphatic carbocycles. The summed E-state index contributed by atoms with van der Waals surface area (Å²) in [5, 5.41) is 2.55. The van der Waals surface area contributed by atoms with E-state index >= 15 is 0 Å². The number of carbonyl (C=O) groups excluding carboxylic acids is 2. The molecule has 0 unspecified atom stereocenters. The molecule has 1 fully saturated rings. The van der Waals surface area contributed by atoms with Crippen molar-refractivity contribution in [1.82, 2.24) is 10.2 Å². The minimum absolute atomic E-state index is 0.0583. The number of amides is 3. The first-order valence-electron chi connectivity index (χ1n) is 11.2. The van der Waals surface area contributed by atoms with Crippen molar-refractivity contribution >= 4 is 18.0 Å². The number of urea groups is 1. The molecule has 8 heteroatoms. The van der Waals surface area contributed by atoms with Crippen LogP contribution in [0.25, 0.3) is 6.08 Å². The quantitative estimate of drug-likeness (QED) is 0.249. The first kappa shape index (κ1) is 24.7. The molecule has 1 aliphatic rings. The maximum atomic E-state index is 14.0. The van der Waals surface area contributed by atoms with Gasteiger partial charge in [0.15, 0.2) is 11.5 Å². The van der Waals surface area contributed by atoms with Gasteiger partial charge in [-0.3, -0.25) is 9.69 Å². The molecule has 0 spiro atoms. The fourth-order valence-electron chi connectivity index (χ4n) is 3.80. The molecule has 6 nitrogen and oxygen atoms in total. The third kappa shape index (κ3) is 5.43. The number of benzene rings is 3. The SMILES string of the molecule is C=CCc1cc(C=C2NC(=O)N(Cc3ccccc3F)C2=O)cc(OC)c1OCc1ccc(F)cc1. The van der Waals surface area contributed by atoms with Crippen molar-refractivity contribution in [1.29, 1.82) is 0 Å². The van der Waals surface area contributed by atoms with Crippen molar-refractivity contribution in [3.8, 4) is 11.5 Å². The Morgan fingerprint density at radius 1 is 1.03 bits per heavy atom. The van der Waals surface area contributed by atoms with Crippen LogP contribution >= 0.6 is 0 Å². The number of ether oxygens (including phenoxy) is 2. The first-order chi connectivity index (χ1) is 17.4. The average Bonchev–Trinajstić information content (AvgIpc) is 3.12. The van der Waals surface area contributed by atoms with E-state index in [0.717, 1.165) is 16.0 Å². The van der Waals surface area contributed by atoms with Crippen molar-refractivity contribution in [2.75, 3.05) is 7.11 Å². The van der Waals surface area contributed by atoms with Gasteiger partial charge < -0.3 is 14.8 Å². The second kappa shape index (κ2) is 10.9. The summed E-state index contributed by atoms with van der Waals surface area (Å²) in [5.74, 6) is -0.480. The van der Waals surface area contributed by atoms with Crippen molar-refractivity contribution in [2.45, 2.75) is 19.6 Å². The van der Waals surface area contributed by atoms with E-state index in [2.05, 4.69) is 11.9 Å². The van der Waals surface area contributed by atoms with Crippen LogP contribution in [-0.4, -0.2) is 23.9 Å². The molecule has 3 aromatic rings. The van der Waals surface area contributed by atoms with E-state index in [0.29, 0.717) is 23.5 Å². The predicted octanol–water partition coefficient (Wildman–Crippen LogP) is 5.37. The van der Waals surface area contributed by atoms with Gasteiger partial charge in [0.05, 0.1) is 13.7 Å². The lowest BCUT2D eigenvalue weighted by Crippen LogP contribution is -2.30. The highest BCUT2D eigenvalue weighted by atomic mass is 19.1. The monoisotopic (exact) mass is 490 g/mol. The summed E-state index contributed by atoms with van der Waals surface area (Å²) in [6.07, 6.45) is 3.68. The molecule has 1 heterocycles. The Labute approximate surface area is 207 Å². The van der Waals surface area contributed by atoms with Crippen LogP contribution in [0.4, 0.5) is 13.6 Å². The number of rotatable bonds is 9. The maximum absolute atomic E-state index is 14.0. The molecule has 4 rings (SSSR count). The Morgan fingerprint density at radius 2 is 1.78 bits per heavy atom. The van der Waals surface area contributed by atoms with Crippen molar-refractivity contribution < 1.29 is 27.8 Å². The van der Waals surface area contributed by atoms with Gasteiger partial charge in [-0.15, -0.1) is 6.58 Å². The third-order valence-corrected chi connectivity index (χ3v) is 5.59. The number of nitrogens with one attached hydrogen (secondary N) is 1. The van der Waals surface area contributed by atoms with Gasteiger partial charge in [0.2, 0.25) is 0 Å². The van der Waals surface area contributed by atoms with Crippen LogP contribution < -0.4 is 14.8 Å². The van der Waals surface area contributed by atoms with E-state index < -0.39 is 17.8 Å². The minimum Gasteiger partial charge on any atom is -0.493 e. The maximum Gasteiger partial charge on any atom is 0.329 e. The summed E-state index contributed by atoms with van der Waals surface area (Å²) in [7, 11) is 1.49. The van der Waals surface area contributed by atoms with E-state index in [-0.39, 0.29) is 30.2 Å². The number of allylic oxidation sites excluding steroid dienone is 1. The second-order valence-electron chi connectivity index (χ2n) is 8.09. The van der Waals surface area contributed by atoms with Gasteiger partial charge in [-0.05, 0) is 54.0 Å². The molecule has 0 atom stereocenters. The zero-order chi connectivity index (χ0) is 25.7. The van der Waals surface area contributed by atoms with E-state index in [9.17, 15) is 18.4 Å². The van der Waals surface area contributed by atoms with Gasteiger partial charge in [-0.1, -0.05) is 36.4 Å². The van der Waals surface area contributed by atoms with E-state index in [1.54, 1.807) is 36.4 Å². The molecule has 36 heavy (non-hydrogen) atoms. The number of halogens is 2. The first-order valence-corrected chi connectivity index (χ1v) is 11.2. The number of nitrogens with zero attached hydrogens (tertiary/aromatic N) is 1. The van der Waals surface area contributed by atoms with Gasteiger partial charge in [-0.2, -0.15) is 0 Å². The van der Waals surface area contributed by atoms with Crippen LogP contribution in [0.3, 0.4) is 0 Å². The number of hydrogen-bond donors (Lipinski definition) is 1. The van der Waals surface area contributed by atoms with Gasteiger partial charge >= 0.3 is 6.03 Å². The topological polar surface area (TPSA) is 67.9 Å². The summed E-state index contributed by atoms with van der Waals surface area (Å²) >= 11 is 0. The molecule has 1 N–H and O–H groups in total. The molecule has 0 radical (unpaired) electrons. The minimum atomic E-state index is -0.632. The highest BCUT2D eigenvalue weighted by Gasteiger charge is 2.34. The molecule has 0 aromatic heterocycles. The number of hydrogen-bond acceptors (Lipinski definition) is 4. The molecule has 3 aromatic carbocycles. The van der Waals surface area contributed by atoms with Gasteiger partial charge in [0.1, 0.15) is 23.9 Å². The van der Waals surface area contributed by atoms with Crippen molar-refractivity contribution in [2.24, 2.45) is 0 Å². The Morgan fingerprint density at radius 3 is 2.47 bits per heavy atom. The van der Waals surface area contributed by atoms with Crippen LogP contribution in [0.2, 0.25) is 0 Å². The smallest absolute Gasteiger partial charge is 0.329 e. The Hall–Kier alpha value is -4.46. The fourth-order valence-corrected chi connectivity index (χ4v) is 3.80. The average molecular weight is 491 g/mol. The molecule has 1 saturated heterocycles. The van der Waals surface area contributed by atoms with Crippen molar-refractivity contribution in [3.63, 3.8) is 0 Å². The zero-order valence-corrected chi connectivity index (χ0v) is 19.6. The van der Waals surface area contributed by atoms with Gasteiger partial charge in [0.25, 0.3) is 5.91 Å². The number of methoxy groups -OCH3 is 1. The van der Waals surface area contributed by atoms with Crippen LogP contribution in [0.5, 0.6) is 11.5 Å². The molecule has 1 aliphatic heterocycles. The lowest BCUT2D eigenvalue weighted by atomic mass is 10.0. The van der Waals surface area contributed by atoms with Gasteiger partial charge in [-0.25, -0.2) is 13.6 Å². The summed E-state index contributed by atoms with van der Waals surface area (Å²) in [4.78, 5) is 26.3. The predicted molar refractivity (Wildman–Crippen MR) is 131 cm³/mol. The summed E-state index contributed by atoms with van der Waals surface area (Å²) in [6, 6.07) is 14.8. The fraction of sp³-hybridized carbons (Fsp3) is 0.143. The Kier molecular flexibility index (Phi) is 7.44. The van der Waals surface area contributed by atoms with E-state index in [1.807, 2.05) is 0 Å². The number of imide groups is 1. The van der Waals surface area contributed by atoms with Crippen molar-refractivity contribution in [3.05, 3.63) is 113 Å². The summed E-state index contributed by atoms with van der Waals surface area (Å²) in [6.45, 7) is 3.80. The van der Waals surface area contributed by atoms with Crippen LogP contribution in [0, 0.1) is 11.6 Å². The van der Waals surface area contributed by atoms with E-state index in [1.165, 1.54) is 43.5 Å². The second-order valence-corrected chi connectivity index (χ2v) is 8.09. The molecule has 0 bridgehead atoms. The third-order valence-electron chi connectivity index (χ3n) is 5.59. The normalized spacial score (nSPS) is 14.2. The highest BCUT2D eigenvalue weighted by Crippen LogP contribution is 2.35. The molecular weight excluding hydrogens is 466 g/mol. The largest absolute Gasteiger partial charge is 0.493 e. The lowest BCUT2D eigenvalue weighted by molar-refractivity contribution is -0.123. The highest BCUT2D eigenvalue weighted by molar-refractivity contribution is 6.13. The number of carbonyl (C=O) groups is 2. The molecular formula is C28H24F2N2O4. The summed E-state index contributed by atoms with van der Waals surface area (Å²) < 4.78 is 38.8. The van der Waals surface area contributed by atoms with Crippen LogP contribution in [0.15, 0.2) is 79.0 Å². The Bertz CT molecular complexity index is 1340. The Balaban J connectivity index is 1.59. The van der Waals surface area contributed by atoms with Crippen LogP contribution in [-0.2, 0) is 24.4 Å². The standard InChI is InChI=1S/C28H24F2N2O4/c1-3-6-20-13-19(15-25(35-2)26(20)36-17-18-9-11-22(29)12-10-18)14-24-27(33)32(28(34)31-24)16-21-7-4-5-8-23(21)30/h3-5,7-15H,1,6,16-17H2,2H3,(H,31,34). The molecule has 3 amide bonds. The molecule has 184 valence electrons. The van der Waals surface area contributed by atoms with E-state index in [4.69, 9.17) is 9.47 Å². The van der Waals surface area contributed by atoms with Gasteiger partial charge in [0, 0.05) is 11.1 Å².